The minimum atomic E-state index is -1.45. The summed E-state index contributed by atoms with van der Waals surface area (Å²) >= 11 is 12.5. The number of halogens is 2. The topological polar surface area (TPSA) is 185 Å². The molecule has 3 rings (SSSR count). The maximum Gasteiger partial charge on any atom is 0.305 e. The summed E-state index contributed by atoms with van der Waals surface area (Å²) in [5, 5.41) is 29.2. The van der Waals surface area contributed by atoms with Crippen LogP contribution in [0.4, 0.5) is 0 Å². The summed E-state index contributed by atoms with van der Waals surface area (Å²) in [6.45, 7) is 4.44. The van der Waals surface area contributed by atoms with Crippen LogP contribution >= 0.6 is 23.2 Å². The number of ketones is 1. The van der Waals surface area contributed by atoms with Crippen molar-refractivity contribution in [3.63, 3.8) is 0 Å². The van der Waals surface area contributed by atoms with E-state index in [-0.39, 0.29) is 30.5 Å². The fraction of sp³-hybridized carbons (Fsp3) is 0.400. The lowest BCUT2D eigenvalue weighted by Gasteiger charge is -2.25. The normalized spacial score (nSPS) is 13.0. The lowest BCUT2D eigenvalue weighted by atomic mass is 10.0. The fourth-order valence-electron chi connectivity index (χ4n) is 4.36. The Labute approximate surface area is 270 Å². The van der Waals surface area contributed by atoms with Crippen LogP contribution in [0.15, 0.2) is 48.5 Å². The van der Waals surface area contributed by atoms with Crippen LogP contribution in [-0.2, 0) is 43.4 Å². The number of rotatable bonds is 16. The van der Waals surface area contributed by atoms with Gasteiger partial charge in [-0.2, -0.15) is 0 Å². The van der Waals surface area contributed by atoms with Gasteiger partial charge in [-0.05, 0) is 52.9 Å². The van der Waals surface area contributed by atoms with E-state index < -0.39 is 54.7 Å². The van der Waals surface area contributed by atoms with E-state index in [2.05, 4.69) is 31.5 Å². The van der Waals surface area contributed by atoms with Crippen molar-refractivity contribution in [3.05, 3.63) is 75.5 Å². The molecule has 1 heterocycles. The van der Waals surface area contributed by atoms with E-state index in [1.165, 1.54) is 11.6 Å². The number of Topliss-reactive ketones (excluding diaryl/α,β-unsaturated/α-hetero) is 1. The first-order valence-corrected chi connectivity index (χ1v) is 15.0. The number of carbonyl (C=O) groups is 5. The van der Waals surface area contributed by atoms with E-state index in [1.807, 2.05) is 30.3 Å². The number of nitrogens with zero attached hydrogens (tertiary/aromatic N) is 4. The number of aliphatic carboxylic acids is 1. The largest absolute Gasteiger partial charge is 0.481 e. The first-order chi connectivity index (χ1) is 21.3. The number of hydrogen-bond donors (Lipinski definition) is 4. The molecule has 0 aliphatic heterocycles. The van der Waals surface area contributed by atoms with Gasteiger partial charge in [0.15, 0.2) is 11.6 Å². The fourth-order valence-corrected chi connectivity index (χ4v) is 4.89. The molecule has 0 radical (unpaired) electrons. The highest BCUT2D eigenvalue weighted by Crippen LogP contribution is 2.26. The zero-order chi connectivity index (χ0) is 33.1. The molecule has 0 spiro atoms. The Balaban J connectivity index is 1.61. The van der Waals surface area contributed by atoms with E-state index in [0.29, 0.717) is 22.0 Å². The third-order valence-corrected chi connectivity index (χ3v) is 7.60. The Bertz CT molecular complexity index is 1500. The quantitative estimate of drug-likeness (QED) is 0.179. The van der Waals surface area contributed by atoms with Crippen LogP contribution in [0, 0.1) is 5.92 Å². The van der Waals surface area contributed by atoms with Crippen molar-refractivity contribution in [2.75, 3.05) is 0 Å². The zero-order valence-corrected chi connectivity index (χ0v) is 26.5. The average Bonchev–Trinajstić information content (AvgIpc) is 3.42. The molecule has 15 heteroatoms. The van der Waals surface area contributed by atoms with Crippen molar-refractivity contribution in [2.24, 2.45) is 5.92 Å². The number of carbonyl (C=O) groups excluding carboxylic acids is 4. The highest BCUT2D eigenvalue weighted by molar-refractivity contribution is 6.36. The number of benzene rings is 2. The molecule has 0 saturated carbocycles. The molecule has 45 heavy (non-hydrogen) atoms. The number of carboxylic acid groups (broad SMARTS) is 1. The maximum absolute atomic E-state index is 13.2. The van der Waals surface area contributed by atoms with Gasteiger partial charge in [-0.3, -0.25) is 24.0 Å². The second-order valence-electron chi connectivity index (χ2n) is 10.8. The maximum atomic E-state index is 13.2. The monoisotopic (exact) mass is 659 g/mol. The molecule has 13 nitrogen and oxygen atoms in total. The molecule has 3 atom stereocenters. The minimum Gasteiger partial charge on any atom is -0.481 e. The summed E-state index contributed by atoms with van der Waals surface area (Å²) in [6.07, 6.45) is 0.0452. The van der Waals surface area contributed by atoms with Gasteiger partial charge < -0.3 is 21.1 Å². The smallest absolute Gasteiger partial charge is 0.305 e. The van der Waals surface area contributed by atoms with E-state index >= 15 is 0 Å². The SMILES string of the molecule is CC(C)[C@H](NC(=O)CCc1ccccc1)C(=O)N[C@@H](C)C(=O)NC(CC(=O)O)C(=O)Cn1nnnc1Cc1c(Cl)cccc1Cl. The number of tetrazole rings is 1. The molecule has 2 aromatic carbocycles. The molecule has 4 N–H and O–H groups in total. The lowest BCUT2D eigenvalue weighted by Crippen LogP contribution is -2.56. The van der Waals surface area contributed by atoms with Crippen molar-refractivity contribution in [1.29, 1.82) is 0 Å². The summed E-state index contributed by atoms with van der Waals surface area (Å²) in [5.74, 6) is -3.79. The van der Waals surface area contributed by atoms with E-state index in [4.69, 9.17) is 23.2 Å². The van der Waals surface area contributed by atoms with Gasteiger partial charge in [-0.15, -0.1) is 5.10 Å². The second-order valence-corrected chi connectivity index (χ2v) is 11.6. The van der Waals surface area contributed by atoms with Gasteiger partial charge in [0.05, 0.1) is 12.5 Å². The van der Waals surface area contributed by atoms with Crippen LogP contribution in [0.3, 0.4) is 0 Å². The first-order valence-electron chi connectivity index (χ1n) is 14.2. The number of hydrogen-bond acceptors (Lipinski definition) is 8. The van der Waals surface area contributed by atoms with Crippen LogP contribution in [-0.4, -0.2) is 72.9 Å². The molecule has 3 aromatic rings. The van der Waals surface area contributed by atoms with Crippen LogP contribution in [0.5, 0.6) is 0 Å². The Kier molecular flexibility index (Phi) is 13.0. The minimum absolute atomic E-state index is 0.0949. The number of aryl methyl sites for hydroxylation is 1. The van der Waals surface area contributed by atoms with Crippen molar-refractivity contribution in [2.45, 2.75) is 71.1 Å². The van der Waals surface area contributed by atoms with Crippen LogP contribution in [0.25, 0.3) is 0 Å². The molecule has 0 fully saturated rings. The predicted molar refractivity (Wildman–Crippen MR) is 165 cm³/mol. The standard InChI is InChI=1S/C30H35Cl2N7O6/c1-17(2)28(35-26(41)13-12-19-8-5-4-6-9-19)30(45)33-18(3)29(44)34-23(15-27(42)43)24(40)16-39-25(36-37-38-39)14-20-21(31)10-7-11-22(20)32/h4-11,17-18,23,28H,12-16H2,1-3H3,(H,33,45)(H,34,44)(H,35,41)(H,42,43)/t18-,23?,28-/m0/s1. The van der Waals surface area contributed by atoms with Gasteiger partial charge >= 0.3 is 5.97 Å². The first kappa shape index (κ1) is 35.1. The van der Waals surface area contributed by atoms with E-state index in [0.717, 1.165) is 5.56 Å². The highest BCUT2D eigenvalue weighted by atomic mass is 35.5. The summed E-state index contributed by atoms with van der Waals surface area (Å²) < 4.78 is 1.17. The Morgan fingerprint density at radius 2 is 1.56 bits per heavy atom. The molecule has 240 valence electrons. The Morgan fingerprint density at radius 1 is 0.889 bits per heavy atom. The Morgan fingerprint density at radius 3 is 2.18 bits per heavy atom. The molecular weight excluding hydrogens is 625 g/mol. The summed E-state index contributed by atoms with van der Waals surface area (Å²) in [6, 6.07) is 10.9. The number of nitrogens with one attached hydrogen (secondary N) is 3. The summed E-state index contributed by atoms with van der Waals surface area (Å²) in [5.41, 5.74) is 1.52. The van der Waals surface area contributed by atoms with Gasteiger partial charge in [-0.1, -0.05) is 73.4 Å². The third kappa shape index (κ3) is 10.6. The van der Waals surface area contributed by atoms with Crippen LogP contribution < -0.4 is 16.0 Å². The van der Waals surface area contributed by atoms with Gasteiger partial charge in [0, 0.05) is 22.9 Å². The third-order valence-electron chi connectivity index (χ3n) is 6.89. The Hall–Kier alpha value is -4.36. The van der Waals surface area contributed by atoms with Crippen molar-refractivity contribution >= 4 is 52.7 Å². The predicted octanol–water partition coefficient (Wildman–Crippen LogP) is 2.38. The average molecular weight is 661 g/mol. The van der Waals surface area contributed by atoms with Gasteiger partial charge in [0.2, 0.25) is 17.7 Å². The van der Waals surface area contributed by atoms with Crippen molar-refractivity contribution in [1.82, 2.24) is 36.2 Å². The molecule has 1 aromatic heterocycles. The molecular formula is C30H35Cl2N7O6. The number of aromatic nitrogens is 4. The number of amides is 3. The van der Waals surface area contributed by atoms with Crippen molar-refractivity contribution < 1.29 is 29.1 Å². The van der Waals surface area contributed by atoms with E-state index in [1.54, 1.807) is 32.0 Å². The number of carboxylic acids is 1. The van der Waals surface area contributed by atoms with Gasteiger partial charge in [-0.25, -0.2) is 4.68 Å². The second kappa shape index (κ2) is 16.6. The molecule has 0 aliphatic carbocycles. The van der Waals surface area contributed by atoms with Crippen LogP contribution in [0.2, 0.25) is 10.0 Å². The molecule has 0 aliphatic rings. The molecule has 3 amide bonds. The van der Waals surface area contributed by atoms with Crippen LogP contribution in [0.1, 0.15) is 50.6 Å². The highest BCUT2D eigenvalue weighted by Gasteiger charge is 2.30. The van der Waals surface area contributed by atoms with Gasteiger partial charge in [0.25, 0.3) is 0 Å². The lowest BCUT2D eigenvalue weighted by molar-refractivity contribution is -0.140. The van der Waals surface area contributed by atoms with Crippen molar-refractivity contribution in [3.8, 4) is 0 Å². The summed E-state index contributed by atoms with van der Waals surface area (Å²) in [4.78, 5) is 63.3. The van der Waals surface area contributed by atoms with E-state index in [9.17, 15) is 29.1 Å². The summed E-state index contributed by atoms with van der Waals surface area (Å²) in [7, 11) is 0. The molecule has 1 unspecified atom stereocenters. The molecule has 0 saturated heterocycles. The molecule has 0 bridgehead atoms. The van der Waals surface area contributed by atoms with Gasteiger partial charge in [0.1, 0.15) is 18.6 Å². The zero-order valence-electron chi connectivity index (χ0n) is 25.0.